The number of benzene rings is 2. The maximum absolute atomic E-state index is 13.0. The van der Waals surface area contributed by atoms with E-state index in [-0.39, 0.29) is 23.2 Å². The van der Waals surface area contributed by atoms with Crippen molar-refractivity contribution in [3.63, 3.8) is 0 Å². The Morgan fingerprint density at radius 1 is 1.12 bits per heavy atom. The van der Waals surface area contributed by atoms with Crippen molar-refractivity contribution in [3.05, 3.63) is 59.4 Å². The van der Waals surface area contributed by atoms with Crippen LogP contribution < -0.4 is 5.32 Å². The zero-order chi connectivity index (χ0) is 16.7. The first-order valence-electron chi connectivity index (χ1n) is 8.41. The Morgan fingerprint density at radius 3 is 2.67 bits per heavy atom. The number of nitrogens with one attached hydrogen (secondary N) is 1. The molecule has 24 heavy (non-hydrogen) atoms. The predicted molar refractivity (Wildman–Crippen MR) is 93.8 cm³/mol. The highest BCUT2D eigenvalue weighted by Crippen LogP contribution is 2.44. The van der Waals surface area contributed by atoms with E-state index in [1.54, 1.807) is 11.8 Å². The first-order chi connectivity index (χ1) is 11.5. The second-order valence-electron chi connectivity index (χ2n) is 6.95. The number of halogens is 1. The largest absolute Gasteiger partial charge is 0.352 e. The smallest absolute Gasteiger partial charge is 0.220 e. The number of hydrogen-bond acceptors (Lipinski definition) is 2. The van der Waals surface area contributed by atoms with Gasteiger partial charge >= 0.3 is 0 Å². The van der Waals surface area contributed by atoms with E-state index >= 15 is 0 Å². The van der Waals surface area contributed by atoms with Crippen LogP contribution in [0.1, 0.15) is 37.3 Å². The molecule has 1 amide bonds. The molecule has 0 spiro atoms. The molecule has 2 aromatic carbocycles. The minimum absolute atomic E-state index is 0.0422. The molecular weight excluding hydrogens is 321 g/mol. The van der Waals surface area contributed by atoms with Crippen molar-refractivity contribution in [1.29, 1.82) is 0 Å². The highest BCUT2D eigenvalue weighted by atomic mass is 32.2. The molecule has 1 saturated heterocycles. The topological polar surface area (TPSA) is 29.1 Å². The molecule has 0 saturated carbocycles. The van der Waals surface area contributed by atoms with Crippen molar-refractivity contribution >= 4 is 17.7 Å². The third-order valence-electron chi connectivity index (χ3n) is 5.42. The Balaban J connectivity index is 1.62. The van der Waals surface area contributed by atoms with Crippen LogP contribution in [0.25, 0.3) is 0 Å². The van der Waals surface area contributed by atoms with Crippen molar-refractivity contribution in [1.82, 2.24) is 5.32 Å². The predicted octanol–water partition coefficient (Wildman–Crippen LogP) is 4.46. The van der Waals surface area contributed by atoms with E-state index in [1.165, 1.54) is 28.2 Å². The fourth-order valence-corrected chi connectivity index (χ4v) is 4.90. The van der Waals surface area contributed by atoms with Gasteiger partial charge in [0.1, 0.15) is 5.82 Å². The van der Waals surface area contributed by atoms with Gasteiger partial charge in [0.2, 0.25) is 5.91 Å². The summed E-state index contributed by atoms with van der Waals surface area (Å²) in [5, 5.41) is 3.18. The van der Waals surface area contributed by atoms with E-state index in [0.717, 1.165) is 24.2 Å². The summed E-state index contributed by atoms with van der Waals surface area (Å²) in [6.07, 6.45) is 3.52. The lowest BCUT2D eigenvalue weighted by atomic mass is 9.64. The van der Waals surface area contributed by atoms with Crippen molar-refractivity contribution in [2.45, 2.75) is 53.9 Å². The first-order valence-corrected chi connectivity index (χ1v) is 9.22. The molecule has 1 aliphatic carbocycles. The SMILES string of the molecule is C[C@]12CCC(=O)NC1CCc1cc(Sc3ccc(F)cc3)ccc12. The van der Waals surface area contributed by atoms with Crippen LogP contribution >= 0.6 is 11.8 Å². The van der Waals surface area contributed by atoms with E-state index in [1.807, 2.05) is 12.1 Å². The molecule has 0 bridgehead atoms. The Morgan fingerprint density at radius 2 is 1.88 bits per heavy atom. The molecular formula is C20H20FNOS. The van der Waals surface area contributed by atoms with E-state index in [9.17, 15) is 9.18 Å². The summed E-state index contributed by atoms with van der Waals surface area (Å²) in [6, 6.07) is 13.5. The summed E-state index contributed by atoms with van der Waals surface area (Å²) in [4.78, 5) is 13.9. The van der Waals surface area contributed by atoms with Crippen LogP contribution in [0.5, 0.6) is 0 Å². The Bertz CT molecular complexity index is 789. The molecule has 1 heterocycles. The average molecular weight is 341 g/mol. The fourth-order valence-electron chi connectivity index (χ4n) is 4.02. The van der Waals surface area contributed by atoms with Gasteiger partial charge in [-0.2, -0.15) is 0 Å². The first kappa shape index (κ1) is 15.7. The molecule has 2 atom stereocenters. The number of fused-ring (bicyclic) bond motifs is 3. The highest BCUT2D eigenvalue weighted by molar-refractivity contribution is 7.99. The molecule has 1 fully saturated rings. The standard InChI is InChI=1S/C20H20FNOS/c1-20-11-10-19(23)22-18(20)9-2-13-12-16(7-8-17(13)20)24-15-5-3-14(21)4-6-15/h3-8,12,18H,2,9-11H2,1H3,(H,22,23)/t18?,20-/m1/s1. The van der Waals surface area contributed by atoms with Crippen LogP contribution in [-0.4, -0.2) is 11.9 Å². The van der Waals surface area contributed by atoms with Gasteiger partial charge in [0.05, 0.1) is 0 Å². The minimum atomic E-state index is -0.205. The number of piperidine rings is 1. The van der Waals surface area contributed by atoms with Crippen molar-refractivity contribution in [2.75, 3.05) is 0 Å². The van der Waals surface area contributed by atoms with Crippen molar-refractivity contribution < 1.29 is 9.18 Å². The third kappa shape index (κ3) is 2.73. The fraction of sp³-hybridized carbons (Fsp3) is 0.350. The van der Waals surface area contributed by atoms with Crippen LogP contribution in [-0.2, 0) is 16.6 Å². The zero-order valence-electron chi connectivity index (χ0n) is 13.6. The number of amides is 1. The lowest BCUT2D eigenvalue weighted by Gasteiger charge is -2.46. The number of carbonyl (C=O) groups is 1. The molecule has 0 radical (unpaired) electrons. The number of carbonyl (C=O) groups excluding carboxylic acids is 1. The van der Waals surface area contributed by atoms with Crippen LogP contribution in [0, 0.1) is 5.82 Å². The number of rotatable bonds is 2. The van der Waals surface area contributed by atoms with Gasteiger partial charge in [0.15, 0.2) is 0 Å². The molecule has 2 aromatic rings. The van der Waals surface area contributed by atoms with Crippen LogP contribution in [0.4, 0.5) is 4.39 Å². The van der Waals surface area contributed by atoms with Crippen LogP contribution in [0.2, 0.25) is 0 Å². The molecule has 1 unspecified atom stereocenters. The van der Waals surface area contributed by atoms with Crippen LogP contribution in [0.15, 0.2) is 52.3 Å². The molecule has 2 aliphatic rings. The Kier molecular flexibility index (Phi) is 3.87. The Labute approximate surface area is 145 Å². The normalized spacial score (nSPS) is 25.6. The second-order valence-corrected chi connectivity index (χ2v) is 8.10. The zero-order valence-corrected chi connectivity index (χ0v) is 14.5. The number of hydrogen-bond donors (Lipinski definition) is 1. The number of aryl methyl sites for hydroxylation is 1. The van der Waals surface area contributed by atoms with E-state index in [4.69, 9.17) is 0 Å². The van der Waals surface area contributed by atoms with Gasteiger partial charge in [0.25, 0.3) is 0 Å². The summed E-state index contributed by atoms with van der Waals surface area (Å²) < 4.78 is 13.0. The summed E-state index contributed by atoms with van der Waals surface area (Å²) in [6.45, 7) is 2.28. The minimum Gasteiger partial charge on any atom is -0.352 e. The molecule has 4 heteroatoms. The maximum Gasteiger partial charge on any atom is 0.220 e. The lowest BCUT2D eigenvalue weighted by molar-refractivity contribution is -0.125. The molecule has 1 aliphatic heterocycles. The maximum atomic E-state index is 13.0. The Hall–Kier alpha value is -1.81. The van der Waals surface area contributed by atoms with Gasteiger partial charge < -0.3 is 5.32 Å². The van der Waals surface area contributed by atoms with Gasteiger partial charge in [0, 0.05) is 27.7 Å². The third-order valence-corrected chi connectivity index (χ3v) is 6.42. The van der Waals surface area contributed by atoms with Crippen molar-refractivity contribution in [3.8, 4) is 0 Å². The van der Waals surface area contributed by atoms with Gasteiger partial charge in [-0.05, 0) is 66.8 Å². The lowest BCUT2D eigenvalue weighted by Crippen LogP contribution is -2.55. The second kappa shape index (κ2) is 5.92. The summed E-state index contributed by atoms with van der Waals surface area (Å²) in [7, 11) is 0. The average Bonchev–Trinajstić information content (AvgIpc) is 2.58. The van der Waals surface area contributed by atoms with Crippen LogP contribution in [0.3, 0.4) is 0 Å². The monoisotopic (exact) mass is 341 g/mol. The molecule has 124 valence electrons. The molecule has 0 aromatic heterocycles. The quantitative estimate of drug-likeness (QED) is 0.874. The molecule has 4 rings (SSSR count). The molecule has 2 nitrogen and oxygen atoms in total. The highest BCUT2D eigenvalue weighted by Gasteiger charge is 2.43. The summed E-state index contributed by atoms with van der Waals surface area (Å²) in [5.41, 5.74) is 2.81. The van der Waals surface area contributed by atoms with Gasteiger partial charge in [-0.3, -0.25) is 4.79 Å². The molecule has 1 N–H and O–H groups in total. The van der Waals surface area contributed by atoms with Crippen molar-refractivity contribution in [2.24, 2.45) is 0 Å². The van der Waals surface area contributed by atoms with Gasteiger partial charge in [-0.15, -0.1) is 0 Å². The summed E-state index contributed by atoms with van der Waals surface area (Å²) >= 11 is 1.66. The van der Waals surface area contributed by atoms with Gasteiger partial charge in [-0.25, -0.2) is 4.39 Å². The van der Waals surface area contributed by atoms with Gasteiger partial charge in [-0.1, -0.05) is 24.8 Å². The van der Waals surface area contributed by atoms with E-state index in [0.29, 0.717) is 6.42 Å². The van der Waals surface area contributed by atoms with E-state index in [2.05, 4.69) is 30.4 Å². The summed E-state index contributed by atoms with van der Waals surface area (Å²) in [5.74, 6) is -0.0208. The van der Waals surface area contributed by atoms with E-state index < -0.39 is 0 Å².